The highest BCUT2D eigenvalue weighted by Gasteiger charge is 2.13. The molecule has 0 saturated heterocycles. The summed E-state index contributed by atoms with van der Waals surface area (Å²) in [5, 5.41) is 16.6. The molecule has 18 heavy (non-hydrogen) atoms. The highest BCUT2D eigenvalue weighted by Crippen LogP contribution is 2.12. The van der Waals surface area contributed by atoms with Crippen molar-refractivity contribution in [2.75, 3.05) is 0 Å². The van der Waals surface area contributed by atoms with Crippen LogP contribution in [0.3, 0.4) is 0 Å². The SMILES string of the molecule is CCCCCCc1nnc(CC(C)CC(=O)O)o1. The van der Waals surface area contributed by atoms with Crippen LogP contribution in [0.4, 0.5) is 0 Å². The zero-order valence-corrected chi connectivity index (χ0v) is 11.2. The van der Waals surface area contributed by atoms with Crippen LogP contribution in [0.2, 0.25) is 0 Å². The van der Waals surface area contributed by atoms with Gasteiger partial charge >= 0.3 is 5.97 Å². The summed E-state index contributed by atoms with van der Waals surface area (Å²) < 4.78 is 5.50. The zero-order valence-electron chi connectivity index (χ0n) is 11.2. The van der Waals surface area contributed by atoms with Gasteiger partial charge in [0.1, 0.15) is 0 Å². The van der Waals surface area contributed by atoms with Crippen molar-refractivity contribution in [2.24, 2.45) is 5.92 Å². The Kier molecular flexibility index (Phi) is 6.39. The maximum Gasteiger partial charge on any atom is 0.303 e. The first kappa shape index (κ1) is 14.7. The van der Waals surface area contributed by atoms with E-state index in [2.05, 4.69) is 17.1 Å². The Labute approximate surface area is 108 Å². The first-order chi connectivity index (χ1) is 8.61. The molecule has 1 aromatic heterocycles. The number of unbranched alkanes of at least 4 members (excludes halogenated alkanes) is 3. The van der Waals surface area contributed by atoms with E-state index in [1.54, 1.807) is 0 Å². The van der Waals surface area contributed by atoms with E-state index in [-0.39, 0.29) is 12.3 Å². The molecule has 0 saturated carbocycles. The van der Waals surface area contributed by atoms with E-state index in [0.717, 1.165) is 12.8 Å². The summed E-state index contributed by atoms with van der Waals surface area (Å²) in [6.07, 6.45) is 6.19. The second kappa shape index (κ2) is 7.84. The molecular formula is C13H22N2O3. The summed E-state index contributed by atoms with van der Waals surface area (Å²) in [4.78, 5) is 10.5. The second-order valence-corrected chi connectivity index (χ2v) is 4.81. The number of rotatable bonds is 9. The molecule has 0 fully saturated rings. The van der Waals surface area contributed by atoms with Gasteiger partial charge in [0, 0.05) is 19.3 Å². The van der Waals surface area contributed by atoms with Gasteiger partial charge in [-0.25, -0.2) is 0 Å². The van der Waals surface area contributed by atoms with Crippen molar-refractivity contribution in [2.45, 2.75) is 58.8 Å². The van der Waals surface area contributed by atoms with E-state index in [1.165, 1.54) is 19.3 Å². The van der Waals surface area contributed by atoms with E-state index in [9.17, 15) is 4.79 Å². The fourth-order valence-corrected chi connectivity index (χ4v) is 1.84. The Bertz CT molecular complexity index is 363. The van der Waals surface area contributed by atoms with Crippen LogP contribution in [-0.4, -0.2) is 21.3 Å². The largest absolute Gasteiger partial charge is 0.481 e. The standard InChI is InChI=1S/C13H22N2O3/c1-3-4-5-6-7-11-14-15-12(18-11)8-10(2)9-13(16)17/h10H,3-9H2,1-2H3,(H,16,17). The molecule has 0 radical (unpaired) electrons. The summed E-state index contributed by atoms with van der Waals surface area (Å²) in [5.41, 5.74) is 0. The molecule has 1 N–H and O–H groups in total. The van der Waals surface area contributed by atoms with Gasteiger partial charge in [-0.15, -0.1) is 10.2 Å². The Hall–Kier alpha value is -1.39. The van der Waals surface area contributed by atoms with Crippen molar-refractivity contribution in [3.63, 3.8) is 0 Å². The van der Waals surface area contributed by atoms with E-state index < -0.39 is 5.97 Å². The molecular weight excluding hydrogens is 232 g/mol. The van der Waals surface area contributed by atoms with Gasteiger partial charge in [-0.3, -0.25) is 4.79 Å². The molecule has 1 atom stereocenters. The number of carboxylic acid groups (broad SMARTS) is 1. The molecule has 1 rings (SSSR count). The van der Waals surface area contributed by atoms with Crippen LogP contribution in [-0.2, 0) is 17.6 Å². The Morgan fingerprint density at radius 2 is 2.00 bits per heavy atom. The van der Waals surface area contributed by atoms with Crippen molar-refractivity contribution in [1.29, 1.82) is 0 Å². The van der Waals surface area contributed by atoms with Crippen LogP contribution in [0.1, 0.15) is 57.7 Å². The molecule has 0 aliphatic rings. The van der Waals surface area contributed by atoms with Gasteiger partial charge in [-0.1, -0.05) is 33.1 Å². The molecule has 5 heteroatoms. The predicted molar refractivity (Wildman–Crippen MR) is 67.3 cm³/mol. The number of hydrogen-bond acceptors (Lipinski definition) is 4. The molecule has 0 aromatic carbocycles. The van der Waals surface area contributed by atoms with Crippen molar-refractivity contribution in [3.8, 4) is 0 Å². The first-order valence-electron chi connectivity index (χ1n) is 6.64. The molecule has 0 amide bonds. The number of aromatic nitrogens is 2. The van der Waals surface area contributed by atoms with Crippen LogP contribution in [0.15, 0.2) is 4.42 Å². The zero-order chi connectivity index (χ0) is 13.4. The van der Waals surface area contributed by atoms with Crippen LogP contribution in [0.25, 0.3) is 0 Å². The topological polar surface area (TPSA) is 76.2 Å². The summed E-state index contributed by atoms with van der Waals surface area (Å²) in [6, 6.07) is 0. The summed E-state index contributed by atoms with van der Waals surface area (Å²) in [6.45, 7) is 4.05. The molecule has 5 nitrogen and oxygen atoms in total. The van der Waals surface area contributed by atoms with E-state index >= 15 is 0 Å². The molecule has 0 aliphatic carbocycles. The maximum absolute atomic E-state index is 10.5. The quantitative estimate of drug-likeness (QED) is 0.686. The molecule has 1 heterocycles. The lowest BCUT2D eigenvalue weighted by molar-refractivity contribution is -0.137. The lowest BCUT2D eigenvalue weighted by Crippen LogP contribution is -2.07. The van der Waals surface area contributed by atoms with E-state index in [1.807, 2.05) is 6.92 Å². The lowest BCUT2D eigenvalue weighted by Gasteiger charge is -2.03. The predicted octanol–water partition coefficient (Wildman–Crippen LogP) is 2.85. The van der Waals surface area contributed by atoms with Gasteiger partial charge in [-0.2, -0.15) is 0 Å². The Balaban J connectivity index is 2.31. The third-order valence-corrected chi connectivity index (χ3v) is 2.80. The van der Waals surface area contributed by atoms with Crippen molar-refractivity contribution in [3.05, 3.63) is 11.8 Å². The third-order valence-electron chi connectivity index (χ3n) is 2.80. The molecule has 1 unspecified atom stereocenters. The minimum atomic E-state index is -0.790. The molecule has 1 aromatic rings. The molecule has 0 bridgehead atoms. The maximum atomic E-state index is 10.5. The molecule has 0 spiro atoms. The van der Waals surface area contributed by atoms with Gasteiger partial charge in [0.2, 0.25) is 11.8 Å². The van der Waals surface area contributed by atoms with Crippen LogP contribution < -0.4 is 0 Å². The van der Waals surface area contributed by atoms with Crippen molar-refractivity contribution < 1.29 is 14.3 Å². The smallest absolute Gasteiger partial charge is 0.303 e. The van der Waals surface area contributed by atoms with Crippen molar-refractivity contribution >= 4 is 5.97 Å². The number of nitrogens with zero attached hydrogens (tertiary/aromatic N) is 2. The number of carbonyl (C=O) groups is 1. The molecule has 102 valence electrons. The summed E-state index contributed by atoms with van der Waals surface area (Å²) in [7, 11) is 0. The number of carboxylic acids is 1. The van der Waals surface area contributed by atoms with Crippen LogP contribution in [0.5, 0.6) is 0 Å². The lowest BCUT2D eigenvalue weighted by atomic mass is 10.0. The van der Waals surface area contributed by atoms with Gasteiger partial charge in [0.15, 0.2) is 0 Å². The number of hydrogen-bond donors (Lipinski definition) is 1. The average molecular weight is 254 g/mol. The normalized spacial score (nSPS) is 12.6. The minimum absolute atomic E-state index is 0.0240. The van der Waals surface area contributed by atoms with Crippen LogP contribution in [0, 0.1) is 5.92 Å². The van der Waals surface area contributed by atoms with Gasteiger partial charge in [0.05, 0.1) is 0 Å². The second-order valence-electron chi connectivity index (χ2n) is 4.81. The van der Waals surface area contributed by atoms with E-state index in [4.69, 9.17) is 9.52 Å². The number of aryl methyl sites for hydroxylation is 1. The average Bonchev–Trinajstić information content (AvgIpc) is 2.71. The third kappa shape index (κ3) is 5.80. The highest BCUT2D eigenvalue weighted by atomic mass is 16.4. The Morgan fingerprint density at radius 3 is 2.67 bits per heavy atom. The van der Waals surface area contributed by atoms with E-state index in [0.29, 0.717) is 18.2 Å². The monoisotopic (exact) mass is 254 g/mol. The van der Waals surface area contributed by atoms with Gasteiger partial charge in [-0.05, 0) is 12.3 Å². The molecule has 0 aliphatic heterocycles. The van der Waals surface area contributed by atoms with Crippen LogP contribution >= 0.6 is 0 Å². The highest BCUT2D eigenvalue weighted by molar-refractivity contribution is 5.66. The summed E-state index contributed by atoms with van der Waals surface area (Å²) in [5.74, 6) is 0.454. The fourth-order valence-electron chi connectivity index (χ4n) is 1.84. The minimum Gasteiger partial charge on any atom is -0.481 e. The Morgan fingerprint density at radius 1 is 1.28 bits per heavy atom. The fraction of sp³-hybridized carbons (Fsp3) is 0.769. The van der Waals surface area contributed by atoms with Gasteiger partial charge < -0.3 is 9.52 Å². The first-order valence-corrected chi connectivity index (χ1v) is 6.64. The van der Waals surface area contributed by atoms with Gasteiger partial charge in [0.25, 0.3) is 0 Å². The summed E-state index contributed by atoms with van der Waals surface area (Å²) >= 11 is 0. The van der Waals surface area contributed by atoms with Crippen molar-refractivity contribution in [1.82, 2.24) is 10.2 Å². The number of aliphatic carboxylic acids is 1.